The molecule has 0 radical (unpaired) electrons. The van der Waals surface area contributed by atoms with Gasteiger partial charge in [0.15, 0.2) is 5.84 Å². The van der Waals surface area contributed by atoms with Crippen molar-refractivity contribution >= 4 is 33.3 Å². The lowest BCUT2D eigenvalue weighted by Crippen LogP contribution is -2.14. The van der Waals surface area contributed by atoms with Crippen LogP contribution in [0.1, 0.15) is 5.56 Å². The highest BCUT2D eigenvalue weighted by atomic mass is 79.9. The van der Waals surface area contributed by atoms with Crippen LogP contribution in [0.3, 0.4) is 0 Å². The molecule has 19 heavy (non-hydrogen) atoms. The van der Waals surface area contributed by atoms with Gasteiger partial charge in [-0.3, -0.25) is 0 Å². The first-order valence-corrected chi connectivity index (χ1v) is 6.35. The lowest BCUT2D eigenvalue weighted by molar-refractivity contribution is 0.318. The topological polar surface area (TPSA) is 74.7 Å². The first kappa shape index (κ1) is 13.4. The van der Waals surface area contributed by atoms with Crippen LogP contribution in [0, 0.1) is 0 Å². The lowest BCUT2D eigenvalue weighted by Gasteiger charge is -2.19. The molecule has 0 atom stereocenters. The molecule has 0 fully saturated rings. The Morgan fingerprint density at radius 2 is 2.00 bits per heavy atom. The third-order valence-corrected chi connectivity index (χ3v) is 3.33. The number of nitrogens with two attached hydrogens (primary N) is 1. The minimum atomic E-state index is 0.0909. The number of amidine groups is 1. The van der Waals surface area contributed by atoms with Gasteiger partial charge < -0.3 is 15.8 Å². The lowest BCUT2D eigenvalue weighted by atomic mass is 10.2. The number of anilines is 2. The maximum atomic E-state index is 8.62. The molecule has 6 heteroatoms. The van der Waals surface area contributed by atoms with Gasteiger partial charge in [-0.2, -0.15) is 0 Å². The van der Waals surface area contributed by atoms with E-state index in [1.54, 1.807) is 18.3 Å². The van der Waals surface area contributed by atoms with Gasteiger partial charge in [-0.1, -0.05) is 5.16 Å². The number of aromatic nitrogens is 1. The molecule has 1 aromatic carbocycles. The third-order valence-electron chi connectivity index (χ3n) is 2.71. The molecule has 0 aliphatic rings. The Morgan fingerprint density at radius 3 is 2.58 bits per heavy atom. The number of rotatable bonds is 3. The summed E-state index contributed by atoms with van der Waals surface area (Å²) in [7, 11) is 1.92. The number of hydrogen-bond donors (Lipinski definition) is 2. The fourth-order valence-electron chi connectivity index (χ4n) is 1.66. The highest BCUT2D eigenvalue weighted by Crippen LogP contribution is 2.28. The zero-order valence-corrected chi connectivity index (χ0v) is 11.9. The van der Waals surface area contributed by atoms with Gasteiger partial charge in [0, 0.05) is 24.5 Å². The number of oxime groups is 1. The Kier molecular flexibility index (Phi) is 4.01. The largest absolute Gasteiger partial charge is 0.409 e. The predicted molar refractivity (Wildman–Crippen MR) is 79.0 cm³/mol. The Bertz CT molecular complexity index is 598. The quantitative estimate of drug-likeness (QED) is 0.394. The van der Waals surface area contributed by atoms with Crippen molar-refractivity contribution in [3.63, 3.8) is 0 Å². The summed E-state index contributed by atoms with van der Waals surface area (Å²) in [5, 5.41) is 11.6. The van der Waals surface area contributed by atoms with Crippen molar-refractivity contribution in [1.29, 1.82) is 0 Å². The van der Waals surface area contributed by atoms with Crippen LogP contribution >= 0.6 is 15.9 Å². The van der Waals surface area contributed by atoms with Gasteiger partial charge in [0.05, 0.1) is 4.47 Å². The van der Waals surface area contributed by atoms with E-state index in [0.29, 0.717) is 5.56 Å². The summed E-state index contributed by atoms with van der Waals surface area (Å²) in [4.78, 5) is 6.26. The average molecular weight is 321 g/mol. The second kappa shape index (κ2) is 5.71. The maximum Gasteiger partial charge on any atom is 0.170 e. The first-order valence-electron chi connectivity index (χ1n) is 5.55. The first-order chi connectivity index (χ1) is 9.13. The van der Waals surface area contributed by atoms with E-state index < -0.39 is 0 Å². The molecular weight excluding hydrogens is 308 g/mol. The van der Waals surface area contributed by atoms with Crippen LogP contribution in [-0.2, 0) is 0 Å². The molecule has 0 spiro atoms. The van der Waals surface area contributed by atoms with Gasteiger partial charge in [0.25, 0.3) is 0 Å². The SMILES string of the molecule is CN(c1ccc(/C(N)=N/O)cc1)c1ncccc1Br. The molecule has 1 aromatic heterocycles. The fourth-order valence-corrected chi connectivity index (χ4v) is 2.18. The number of pyridine rings is 1. The molecule has 5 nitrogen and oxygen atoms in total. The van der Waals surface area contributed by atoms with E-state index in [9.17, 15) is 0 Å². The molecule has 3 N–H and O–H groups in total. The fraction of sp³-hybridized carbons (Fsp3) is 0.0769. The van der Waals surface area contributed by atoms with E-state index in [0.717, 1.165) is 16.0 Å². The molecule has 0 aliphatic heterocycles. The Hall–Kier alpha value is -2.08. The van der Waals surface area contributed by atoms with Crippen LogP contribution in [0.2, 0.25) is 0 Å². The summed E-state index contributed by atoms with van der Waals surface area (Å²) < 4.78 is 0.915. The summed E-state index contributed by atoms with van der Waals surface area (Å²) >= 11 is 3.47. The van der Waals surface area contributed by atoms with E-state index in [1.165, 1.54) is 0 Å². The van der Waals surface area contributed by atoms with Crippen LogP contribution in [0.25, 0.3) is 0 Å². The summed E-state index contributed by atoms with van der Waals surface area (Å²) in [6.45, 7) is 0. The minimum absolute atomic E-state index is 0.0909. The van der Waals surface area contributed by atoms with E-state index in [-0.39, 0.29) is 5.84 Å². The number of benzene rings is 1. The van der Waals surface area contributed by atoms with Gasteiger partial charge >= 0.3 is 0 Å². The van der Waals surface area contributed by atoms with Crippen LogP contribution in [0.5, 0.6) is 0 Å². The van der Waals surface area contributed by atoms with Gasteiger partial charge in [0.2, 0.25) is 0 Å². The molecule has 0 bridgehead atoms. The number of halogens is 1. The minimum Gasteiger partial charge on any atom is -0.409 e. The van der Waals surface area contributed by atoms with Crippen LogP contribution in [0.4, 0.5) is 11.5 Å². The van der Waals surface area contributed by atoms with E-state index in [1.807, 2.05) is 36.2 Å². The highest BCUT2D eigenvalue weighted by molar-refractivity contribution is 9.10. The average Bonchev–Trinajstić information content (AvgIpc) is 2.46. The van der Waals surface area contributed by atoms with E-state index in [4.69, 9.17) is 10.9 Å². The van der Waals surface area contributed by atoms with E-state index in [2.05, 4.69) is 26.1 Å². The monoisotopic (exact) mass is 320 g/mol. The maximum absolute atomic E-state index is 8.62. The van der Waals surface area contributed by atoms with Crippen molar-refractivity contribution in [1.82, 2.24) is 4.98 Å². The zero-order valence-electron chi connectivity index (χ0n) is 10.3. The summed E-state index contributed by atoms with van der Waals surface area (Å²) in [5.74, 6) is 0.910. The van der Waals surface area contributed by atoms with Gasteiger partial charge in [-0.25, -0.2) is 4.98 Å². The van der Waals surface area contributed by atoms with Gasteiger partial charge in [-0.15, -0.1) is 0 Å². The highest BCUT2D eigenvalue weighted by Gasteiger charge is 2.09. The number of nitrogens with zero attached hydrogens (tertiary/aromatic N) is 3. The van der Waals surface area contributed by atoms with Crippen molar-refractivity contribution in [3.05, 3.63) is 52.6 Å². The molecule has 1 heterocycles. The molecule has 0 aliphatic carbocycles. The van der Waals surface area contributed by atoms with Crippen molar-refractivity contribution in [2.24, 2.45) is 10.9 Å². The standard InChI is InChI=1S/C13H13BrN4O/c1-18(13-11(14)3-2-8-16-13)10-6-4-9(5-7-10)12(15)17-19/h2-8,19H,1H3,(H2,15,17). The Morgan fingerprint density at radius 1 is 1.32 bits per heavy atom. The molecule has 98 valence electrons. The van der Waals surface area contributed by atoms with Crippen molar-refractivity contribution in [3.8, 4) is 0 Å². The second-order valence-electron chi connectivity index (χ2n) is 3.90. The molecule has 2 aromatic rings. The van der Waals surface area contributed by atoms with Crippen molar-refractivity contribution in [2.75, 3.05) is 11.9 Å². The van der Waals surface area contributed by atoms with E-state index >= 15 is 0 Å². The molecule has 2 rings (SSSR count). The smallest absolute Gasteiger partial charge is 0.170 e. The molecule has 0 amide bonds. The summed E-state index contributed by atoms with van der Waals surface area (Å²) in [6.07, 6.45) is 1.74. The van der Waals surface area contributed by atoms with Crippen molar-refractivity contribution in [2.45, 2.75) is 0 Å². The predicted octanol–water partition coefficient (Wildman–Crippen LogP) is 2.71. The van der Waals surface area contributed by atoms with Crippen LogP contribution in [0.15, 0.2) is 52.2 Å². The molecular formula is C13H13BrN4O. The number of hydrogen-bond acceptors (Lipinski definition) is 4. The molecule has 0 saturated carbocycles. The second-order valence-corrected chi connectivity index (χ2v) is 4.75. The summed E-state index contributed by atoms with van der Waals surface area (Å²) in [5.41, 5.74) is 7.14. The van der Waals surface area contributed by atoms with Crippen LogP contribution < -0.4 is 10.6 Å². The van der Waals surface area contributed by atoms with Crippen LogP contribution in [-0.4, -0.2) is 23.1 Å². The molecule has 0 unspecified atom stereocenters. The Labute approximate surface area is 119 Å². The normalized spacial score (nSPS) is 11.4. The van der Waals surface area contributed by atoms with Gasteiger partial charge in [0.1, 0.15) is 5.82 Å². The van der Waals surface area contributed by atoms with Gasteiger partial charge in [-0.05, 0) is 52.3 Å². The summed E-state index contributed by atoms with van der Waals surface area (Å²) in [6, 6.07) is 11.1. The third kappa shape index (κ3) is 2.85. The molecule has 0 saturated heterocycles. The van der Waals surface area contributed by atoms with Crippen molar-refractivity contribution < 1.29 is 5.21 Å². The Balaban J connectivity index is 2.30. The zero-order chi connectivity index (χ0) is 13.8.